The summed E-state index contributed by atoms with van der Waals surface area (Å²) in [6, 6.07) is 16.5. The van der Waals surface area contributed by atoms with E-state index in [4.69, 9.17) is 28.6 Å². The van der Waals surface area contributed by atoms with Crippen LogP contribution < -0.4 is 15.5 Å². The number of aromatic amines is 1. The molecule has 2 aromatic carbocycles. The Hall–Kier alpha value is -3.69. The largest absolute Gasteiger partial charge is 0.483 e. The van der Waals surface area contributed by atoms with Crippen LogP contribution in [0.1, 0.15) is 11.1 Å². The highest BCUT2D eigenvalue weighted by atomic mass is 35.5. The van der Waals surface area contributed by atoms with Gasteiger partial charge in [-0.05, 0) is 61.6 Å². The molecule has 0 radical (unpaired) electrons. The van der Waals surface area contributed by atoms with Crippen molar-refractivity contribution in [2.24, 2.45) is 0 Å². The van der Waals surface area contributed by atoms with Crippen LogP contribution in [0, 0.1) is 11.7 Å². The smallest absolute Gasteiger partial charge is 0.262 e. The third kappa shape index (κ3) is 5.76. The fourth-order valence-electron chi connectivity index (χ4n) is 3.11. The van der Waals surface area contributed by atoms with Crippen molar-refractivity contribution in [3.8, 4) is 17.1 Å². The molecule has 0 spiro atoms. The Morgan fingerprint density at radius 3 is 2.67 bits per heavy atom. The van der Waals surface area contributed by atoms with Crippen LogP contribution in [0.15, 0.2) is 67.0 Å². The zero-order chi connectivity index (χ0) is 23.2. The van der Waals surface area contributed by atoms with E-state index in [1.807, 2.05) is 43.3 Å². The number of nitrogens with one attached hydrogen (secondary N) is 3. The quantitative estimate of drug-likeness (QED) is 0.315. The summed E-state index contributed by atoms with van der Waals surface area (Å²) >= 11 is 11.6. The molecular formula is C23H21ClN6O2S. The maximum absolute atomic E-state index is 12.3. The van der Waals surface area contributed by atoms with Crippen LogP contribution in [-0.4, -0.2) is 32.4 Å². The maximum atomic E-state index is 12.3. The van der Waals surface area contributed by atoms with E-state index in [9.17, 15) is 4.79 Å². The summed E-state index contributed by atoms with van der Waals surface area (Å²) in [5, 5.41) is 10.4. The second kappa shape index (κ2) is 10.3. The second-order valence-electron chi connectivity index (χ2n) is 7.21. The fourth-order valence-corrected chi connectivity index (χ4v) is 3.50. The van der Waals surface area contributed by atoms with E-state index in [2.05, 4.69) is 25.9 Å². The maximum Gasteiger partial charge on any atom is 0.262 e. The fraction of sp³-hybridized carbons (Fsp3) is 0.130. The van der Waals surface area contributed by atoms with Crippen LogP contribution in [0.3, 0.4) is 0 Å². The second-order valence-corrected chi connectivity index (χ2v) is 8.04. The first kappa shape index (κ1) is 22.5. The Morgan fingerprint density at radius 1 is 1.15 bits per heavy atom. The van der Waals surface area contributed by atoms with Gasteiger partial charge in [-0.3, -0.25) is 9.78 Å². The molecule has 2 aromatic heterocycles. The van der Waals surface area contributed by atoms with Crippen molar-refractivity contribution in [1.82, 2.24) is 19.9 Å². The number of rotatable bonds is 8. The highest BCUT2D eigenvalue weighted by Gasteiger charge is 2.12. The molecule has 0 bridgehead atoms. The van der Waals surface area contributed by atoms with Crippen molar-refractivity contribution in [1.29, 1.82) is 0 Å². The van der Waals surface area contributed by atoms with Gasteiger partial charge in [0.2, 0.25) is 4.77 Å². The molecule has 8 nitrogen and oxygen atoms in total. The number of anilines is 1. The lowest BCUT2D eigenvalue weighted by atomic mass is 10.2. The molecule has 4 aromatic rings. The average molecular weight is 481 g/mol. The minimum absolute atomic E-state index is 0.143. The molecule has 1 amide bonds. The van der Waals surface area contributed by atoms with Crippen molar-refractivity contribution in [3.63, 3.8) is 0 Å². The Morgan fingerprint density at radius 2 is 1.91 bits per heavy atom. The normalized spacial score (nSPS) is 10.6. The van der Waals surface area contributed by atoms with E-state index in [0.717, 1.165) is 16.7 Å². The molecule has 4 rings (SSSR count). The Labute approximate surface area is 200 Å². The molecule has 3 N–H and O–H groups in total. The third-order valence-electron chi connectivity index (χ3n) is 4.76. The van der Waals surface area contributed by atoms with Gasteiger partial charge in [0.25, 0.3) is 5.91 Å². The van der Waals surface area contributed by atoms with Crippen molar-refractivity contribution < 1.29 is 9.53 Å². The van der Waals surface area contributed by atoms with Crippen molar-refractivity contribution >= 4 is 35.4 Å². The molecule has 0 saturated carbocycles. The zero-order valence-corrected chi connectivity index (χ0v) is 19.3. The lowest BCUT2D eigenvalue weighted by Crippen LogP contribution is -2.21. The Kier molecular flexibility index (Phi) is 7.01. The van der Waals surface area contributed by atoms with E-state index >= 15 is 0 Å². The summed E-state index contributed by atoms with van der Waals surface area (Å²) in [6.45, 7) is 2.18. The number of pyridine rings is 1. The highest BCUT2D eigenvalue weighted by molar-refractivity contribution is 7.71. The van der Waals surface area contributed by atoms with Gasteiger partial charge in [0.05, 0.1) is 6.54 Å². The first-order valence-corrected chi connectivity index (χ1v) is 10.9. The number of H-pyrrole nitrogens is 1. The number of hydrogen-bond donors (Lipinski definition) is 3. The molecule has 2 heterocycles. The SMILES string of the molecule is Cc1ccc(NC(=O)COc2ccc(Cl)cc2CNn2c(-c3ccncc3)n[nH]c2=S)cc1. The van der Waals surface area contributed by atoms with Gasteiger partial charge in [0.1, 0.15) is 5.75 Å². The first-order valence-electron chi connectivity index (χ1n) is 10.1. The zero-order valence-electron chi connectivity index (χ0n) is 17.7. The van der Waals surface area contributed by atoms with Gasteiger partial charge < -0.3 is 15.5 Å². The number of carbonyl (C=O) groups excluding carboxylic acids is 1. The molecule has 0 atom stereocenters. The molecule has 0 fully saturated rings. The van der Waals surface area contributed by atoms with Gasteiger partial charge in [0, 0.05) is 34.2 Å². The third-order valence-corrected chi connectivity index (χ3v) is 5.26. The van der Waals surface area contributed by atoms with Gasteiger partial charge in [-0.25, -0.2) is 9.77 Å². The molecule has 0 saturated heterocycles. The predicted octanol–water partition coefficient (Wildman–Crippen LogP) is 4.73. The van der Waals surface area contributed by atoms with E-state index in [0.29, 0.717) is 33.6 Å². The van der Waals surface area contributed by atoms with Crippen LogP contribution in [0.2, 0.25) is 5.02 Å². The number of aromatic nitrogens is 4. The summed E-state index contributed by atoms with van der Waals surface area (Å²) in [5.41, 5.74) is 6.67. The van der Waals surface area contributed by atoms with Gasteiger partial charge in [-0.2, -0.15) is 5.10 Å². The van der Waals surface area contributed by atoms with E-state index in [-0.39, 0.29) is 12.5 Å². The molecule has 168 valence electrons. The summed E-state index contributed by atoms with van der Waals surface area (Å²) in [6.07, 6.45) is 3.37. The molecule has 0 aliphatic rings. The lowest BCUT2D eigenvalue weighted by Gasteiger charge is -2.15. The van der Waals surface area contributed by atoms with Crippen molar-refractivity contribution in [2.75, 3.05) is 17.3 Å². The summed E-state index contributed by atoms with van der Waals surface area (Å²) in [7, 11) is 0. The van der Waals surface area contributed by atoms with Gasteiger partial charge in [-0.15, -0.1) is 0 Å². The molecule has 0 aliphatic carbocycles. The van der Waals surface area contributed by atoms with E-state index in [1.165, 1.54) is 0 Å². The number of aryl methyl sites for hydroxylation is 1. The standard InChI is InChI=1S/C23H21ClN6O2S/c1-15-2-5-19(6-3-15)27-21(31)14-32-20-7-4-18(24)12-17(20)13-26-30-22(28-29-23(30)33)16-8-10-25-11-9-16/h2-12,26H,13-14H2,1H3,(H,27,31)(H,29,33). The highest BCUT2D eigenvalue weighted by Crippen LogP contribution is 2.24. The van der Waals surface area contributed by atoms with Crippen LogP contribution in [0.25, 0.3) is 11.4 Å². The molecular weight excluding hydrogens is 460 g/mol. The summed E-state index contributed by atoms with van der Waals surface area (Å²) in [5.74, 6) is 0.889. The minimum Gasteiger partial charge on any atom is -0.483 e. The molecule has 33 heavy (non-hydrogen) atoms. The lowest BCUT2D eigenvalue weighted by molar-refractivity contribution is -0.118. The van der Waals surface area contributed by atoms with E-state index in [1.54, 1.807) is 35.3 Å². The number of amides is 1. The molecule has 0 unspecified atom stereocenters. The van der Waals surface area contributed by atoms with E-state index < -0.39 is 0 Å². The van der Waals surface area contributed by atoms with Gasteiger partial charge >= 0.3 is 0 Å². The number of ether oxygens (including phenoxy) is 1. The summed E-state index contributed by atoms with van der Waals surface area (Å²) < 4.78 is 7.86. The number of halogens is 1. The first-order chi connectivity index (χ1) is 16.0. The minimum atomic E-state index is -0.260. The Bertz CT molecular complexity index is 1300. The topological polar surface area (TPSA) is 96.9 Å². The van der Waals surface area contributed by atoms with Crippen LogP contribution in [0.5, 0.6) is 5.75 Å². The van der Waals surface area contributed by atoms with Gasteiger partial charge in [0.15, 0.2) is 12.4 Å². The van der Waals surface area contributed by atoms with Crippen LogP contribution in [-0.2, 0) is 11.3 Å². The monoisotopic (exact) mass is 480 g/mol. The van der Waals surface area contributed by atoms with Crippen molar-refractivity contribution in [3.05, 3.63) is 87.9 Å². The Balaban J connectivity index is 1.45. The van der Waals surface area contributed by atoms with Crippen LogP contribution >= 0.6 is 23.8 Å². The molecule has 10 heteroatoms. The van der Waals surface area contributed by atoms with Crippen molar-refractivity contribution in [2.45, 2.75) is 13.5 Å². The van der Waals surface area contributed by atoms with Gasteiger partial charge in [-0.1, -0.05) is 29.3 Å². The number of nitrogens with zero attached hydrogens (tertiary/aromatic N) is 3. The average Bonchev–Trinajstić information content (AvgIpc) is 3.19. The predicted molar refractivity (Wildman–Crippen MR) is 130 cm³/mol. The number of hydrogen-bond acceptors (Lipinski definition) is 6. The number of benzene rings is 2. The summed E-state index contributed by atoms with van der Waals surface area (Å²) in [4.78, 5) is 16.4. The number of carbonyl (C=O) groups is 1. The van der Waals surface area contributed by atoms with Crippen LogP contribution in [0.4, 0.5) is 5.69 Å². The molecule has 0 aliphatic heterocycles.